The van der Waals surface area contributed by atoms with E-state index in [1.54, 1.807) is 19.1 Å². The molecule has 196 valence electrons. The van der Waals surface area contributed by atoms with Gasteiger partial charge in [0, 0.05) is 6.07 Å². The summed E-state index contributed by atoms with van der Waals surface area (Å²) in [4.78, 5) is 37.4. The van der Waals surface area contributed by atoms with Crippen LogP contribution in [0.25, 0.3) is 11.0 Å². The monoisotopic (exact) mass is 528 g/mol. The molecule has 4 rings (SSSR count). The second-order valence-corrected chi connectivity index (χ2v) is 7.68. The third kappa shape index (κ3) is 5.46. The van der Waals surface area contributed by atoms with Crippen LogP contribution in [0.1, 0.15) is 33.4 Å². The molecule has 11 heteroatoms. The van der Waals surface area contributed by atoms with Crippen LogP contribution in [0.4, 0.5) is 13.2 Å². The number of benzene rings is 3. The summed E-state index contributed by atoms with van der Waals surface area (Å²) in [7, 11) is 1.36. The van der Waals surface area contributed by atoms with Crippen molar-refractivity contribution in [3.05, 3.63) is 93.8 Å². The van der Waals surface area contributed by atoms with Crippen molar-refractivity contribution in [3.63, 3.8) is 0 Å². The van der Waals surface area contributed by atoms with Crippen LogP contribution in [0.2, 0.25) is 0 Å². The van der Waals surface area contributed by atoms with Crippen molar-refractivity contribution < 1.29 is 46.1 Å². The molecule has 3 aromatic carbocycles. The van der Waals surface area contributed by atoms with Crippen LogP contribution < -0.4 is 19.6 Å². The Kier molecular flexibility index (Phi) is 7.38. The van der Waals surface area contributed by atoms with Gasteiger partial charge in [0.25, 0.3) is 5.76 Å². The van der Waals surface area contributed by atoms with Crippen molar-refractivity contribution in [3.8, 4) is 23.0 Å². The molecular weight excluding hydrogens is 509 g/mol. The van der Waals surface area contributed by atoms with E-state index >= 15 is 0 Å². The van der Waals surface area contributed by atoms with E-state index in [2.05, 4.69) is 0 Å². The van der Waals surface area contributed by atoms with Gasteiger partial charge in [-0.1, -0.05) is 12.1 Å². The Morgan fingerprint density at radius 1 is 0.921 bits per heavy atom. The fourth-order valence-corrected chi connectivity index (χ4v) is 3.47. The largest absolute Gasteiger partial charge is 0.496 e. The maximum atomic E-state index is 13.9. The SMILES string of the molecule is CCOC(=O)c1ccc(Oc2c(C(F)(F)F)oc3cc(OC(=O)c4ccccc4OC)ccc3c2=O)cc1. The zero-order valence-corrected chi connectivity index (χ0v) is 20.0. The predicted molar refractivity (Wildman–Crippen MR) is 128 cm³/mol. The van der Waals surface area contributed by atoms with Gasteiger partial charge in [-0.2, -0.15) is 13.2 Å². The Morgan fingerprint density at radius 2 is 1.61 bits per heavy atom. The Balaban J connectivity index is 1.70. The first-order valence-electron chi connectivity index (χ1n) is 11.1. The van der Waals surface area contributed by atoms with Gasteiger partial charge in [-0.15, -0.1) is 0 Å². The van der Waals surface area contributed by atoms with Gasteiger partial charge in [0.1, 0.15) is 28.4 Å². The minimum absolute atomic E-state index is 0.0882. The molecule has 0 atom stereocenters. The second-order valence-electron chi connectivity index (χ2n) is 7.68. The number of methoxy groups -OCH3 is 1. The van der Waals surface area contributed by atoms with Crippen LogP contribution in [0.3, 0.4) is 0 Å². The summed E-state index contributed by atoms with van der Waals surface area (Å²) in [5, 5.41) is -0.242. The number of esters is 2. The van der Waals surface area contributed by atoms with Crippen LogP contribution in [0, 0.1) is 0 Å². The third-order valence-corrected chi connectivity index (χ3v) is 5.20. The first kappa shape index (κ1) is 26.3. The van der Waals surface area contributed by atoms with Gasteiger partial charge in [0.05, 0.1) is 24.7 Å². The van der Waals surface area contributed by atoms with Gasteiger partial charge >= 0.3 is 18.1 Å². The molecule has 0 saturated carbocycles. The van der Waals surface area contributed by atoms with Crippen molar-refractivity contribution in [1.82, 2.24) is 0 Å². The summed E-state index contributed by atoms with van der Waals surface area (Å²) in [5.41, 5.74) is -1.34. The molecule has 1 aromatic heterocycles. The molecule has 0 saturated heterocycles. The van der Waals surface area contributed by atoms with Gasteiger partial charge in [-0.25, -0.2) is 9.59 Å². The maximum absolute atomic E-state index is 13.9. The van der Waals surface area contributed by atoms with Crippen LogP contribution in [0.15, 0.2) is 75.9 Å². The zero-order chi connectivity index (χ0) is 27.4. The molecule has 1 heterocycles. The van der Waals surface area contributed by atoms with Gasteiger partial charge < -0.3 is 23.4 Å². The minimum atomic E-state index is -5.10. The number of rotatable bonds is 7. The van der Waals surface area contributed by atoms with E-state index in [0.717, 1.165) is 12.1 Å². The fraction of sp³-hybridized carbons (Fsp3) is 0.148. The van der Waals surface area contributed by atoms with Gasteiger partial charge in [-0.3, -0.25) is 4.79 Å². The Morgan fingerprint density at radius 3 is 2.26 bits per heavy atom. The molecule has 0 aliphatic rings. The molecule has 38 heavy (non-hydrogen) atoms. The summed E-state index contributed by atoms with van der Waals surface area (Å²) < 4.78 is 67.1. The number of fused-ring (bicyclic) bond motifs is 1. The van der Waals surface area contributed by atoms with Gasteiger partial charge in [-0.05, 0) is 55.5 Å². The van der Waals surface area contributed by atoms with Crippen LogP contribution in [-0.2, 0) is 10.9 Å². The first-order chi connectivity index (χ1) is 18.1. The second kappa shape index (κ2) is 10.7. The quantitative estimate of drug-likeness (QED) is 0.212. The Bertz CT molecular complexity index is 1560. The lowest BCUT2D eigenvalue weighted by atomic mass is 10.2. The predicted octanol–water partition coefficient (Wildman–Crippen LogP) is 6.01. The van der Waals surface area contributed by atoms with E-state index in [0.29, 0.717) is 0 Å². The molecule has 0 aliphatic carbocycles. The smallest absolute Gasteiger partial charge is 0.453 e. The van der Waals surface area contributed by atoms with E-state index in [-0.39, 0.29) is 40.4 Å². The lowest BCUT2D eigenvalue weighted by Gasteiger charge is -2.14. The molecule has 4 aromatic rings. The Labute approximate surface area is 213 Å². The molecule has 0 bridgehead atoms. The number of hydrogen-bond acceptors (Lipinski definition) is 8. The van der Waals surface area contributed by atoms with Gasteiger partial charge in [0.2, 0.25) is 11.2 Å². The maximum Gasteiger partial charge on any atom is 0.453 e. The zero-order valence-electron chi connectivity index (χ0n) is 20.0. The summed E-state index contributed by atoms with van der Waals surface area (Å²) in [5.74, 6) is -4.29. The molecule has 0 radical (unpaired) electrons. The number of carbonyl (C=O) groups is 2. The molecule has 0 unspecified atom stereocenters. The van der Waals surface area contributed by atoms with E-state index < -0.39 is 40.6 Å². The average Bonchev–Trinajstić information content (AvgIpc) is 2.90. The van der Waals surface area contributed by atoms with Crippen molar-refractivity contribution in [1.29, 1.82) is 0 Å². The highest BCUT2D eigenvalue weighted by atomic mass is 19.4. The van der Waals surface area contributed by atoms with E-state index in [9.17, 15) is 27.6 Å². The average molecular weight is 528 g/mol. The lowest BCUT2D eigenvalue weighted by Crippen LogP contribution is -2.16. The van der Waals surface area contributed by atoms with Crippen LogP contribution in [-0.4, -0.2) is 25.7 Å². The molecule has 0 aliphatic heterocycles. The molecule has 0 spiro atoms. The summed E-state index contributed by atoms with van der Waals surface area (Å²) >= 11 is 0. The normalized spacial score (nSPS) is 11.2. The molecular formula is C27H19F3O8. The lowest BCUT2D eigenvalue weighted by molar-refractivity contribution is -0.154. The van der Waals surface area contributed by atoms with E-state index in [1.165, 1.54) is 49.6 Å². The van der Waals surface area contributed by atoms with E-state index in [4.69, 9.17) is 23.4 Å². The molecule has 0 fully saturated rings. The number of ether oxygens (including phenoxy) is 4. The van der Waals surface area contributed by atoms with Crippen molar-refractivity contribution in [2.75, 3.05) is 13.7 Å². The number of alkyl halides is 3. The molecule has 0 amide bonds. The fourth-order valence-electron chi connectivity index (χ4n) is 3.47. The molecule has 8 nitrogen and oxygen atoms in total. The Hall–Kier alpha value is -4.80. The van der Waals surface area contributed by atoms with Gasteiger partial charge in [0.15, 0.2) is 0 Å². The number of para-hydroxylation sites is 1. The number of carbonyl (C=O) groups excluding carboxylic acids is 2. The highest BCUT2D eigenvalue weighted by Gasteiger charge is 2.40. The van der Waals surface area contributed by atoms with E-state index in [1.807, 2.05) is 0 Å². The van der Waals surface area contributed by atoms with Crippen molar-refractivity contribution in [2.24, 2.45) is 0 Å². The highest BCUT2D eigenvalue weighted by Crippen LogP contribution is 2.38. The van der Waals surface area contributed by atoms with Crippen LogP contribution >= 0.6 is 0 Å². The third-order valence-electron chi connectivity index (χ3n) is 5.20. The van der Waals surface area contributed by atoms with Crippen molar-refractivity contribution in [2.45, 2.75) is 13.1 Å². The number of hydrogen-bond donors (Lipinski definition) is 0. The topological polar surface area (TPSA) is 101 Å². The standard InChI is InChI=1S/C27H19F3O8/c1-3-35-25(32)15-8-10-16(11-9-15)36-23-22(31)18-13-12-17(14-21(18)38-24(23)27(28,29)30)37-26(33)19-6-4-5-7-20(19)34-2/h4-14H,3H2,1-2H3. The summed E-state index contributed by atoms with van der Waals surface area (Å²) in [6, 6.07) is 14.6. The molecule has 0 N–H and O–H groups in total. The number of halogens is 3. The van der Waals surface area contributed by atoms with Crippen LogP contribution in [0.5, 0.6) is 23.0 Å². The highest BCUT2D eigenvalue weighted by molar-refractivity contribution is 5.94. The minimum Gasteiger partial charge on any atom is -0.496 e. The summed E-state index contributed by atoms with van der Waals surface area (Å²) in [6.45, 7) is 1.77. The summed E-state index contributed by atoms with van der Waals surface area (Å²) in [6.07, 6.45) is -5.10. The van der Waals surface area contributed by atoms with Crippen molar-refractivity contribution >= 4 is 22.9 Å². The first-order valence-corrected chi connectivity index (χ1v) is 11.1.